The summed E-state index contributed by atoms with van der Waals surface area (Å²) in [7, 11) is -1.34. The maximum atomic E-state index is 10.5. The van der Waals surface area contributed by atoms with Crippen molar-refractivity contribution in [2.24, 2.45) is 0 Å². The predicted octanol–water partition coefficient (Wildman–Crippen LogP) is 2.66. The summed E-state index contributed by atoms with van der Waals surface area (Å²) >= 11 is 0. The van der Waals surface area contributed by atoms with Crippen LogP contribution < -0.4 is 0 Å². The molecule has 78 valence electrons. The molecule has 0 unspecified atom stereocenters. The molecule has 1 aromatic rings. The van der Waals surface area contributed by atoms with Crippen molar-refractivity contribution in [2.45, 2.75) is 26.1 Å². The third-order valence-corrected chi connectivity index (χ3v) is 2.77. The van der Waals surface area contributed by atoms with E-state index < -0.39 is 8.07 Å². The zero-order valence-corrected chi connectivity index (χ0v) is 10.5. The lowest BCUT2D eigenvalue weighted by Crippen LogP contribution is -2.16. The van der Waals surface area contributed by atoms with Crippen LogP contribution in [0.1, 0.15) is 11.1 Å². The van der Waals surface area contributed by atoms with Crippen molar-refractivity contribution in [3.05, 3.63) is 35.4 Å². The van der Waals surface area contributed by atoms with Crippen molar-refractivity contribution in [1.29, 1.82) is 0 Å². The van der Waals surface area contributed by atoms with Gasteiger partial charge in [-0.25, -0.2) is 0 Å². The van der Waals surface area contributed by atoms with Gasteiger partial charge in [0, 0.05) is 12.0 Å². The first-order valence-corrected chi connectivity index (χ1v) is 8.57. The summed E-state index contributed by atoms with van der Waals surface area (Å²) in [5.74, 6) is 3.19. The van der Waals surface area contributed by atoms with E-state index in [0.717, 1.165) is 17.4 Å². The molecule has 0 saturated carbocycles. The molecule has 1 aromatic carbocycles. The van der Waals surface area contributed by atoms with Gasteiger partial charge in [-0.1, -0.05) is 43.8 Å². The third kappa shape index (κ3) is 4.14. The Morgan fingerprint density at radius 1 is 1.27 bits per heavy atom. The van der Waals surface area contributed by atoms with E-state index in [-0.39, 0.29) is 0 Å². The molecule has 0 bridgehead atoms. The average Bonchev–Trinajstić information content (AvgIpc) is 2.16. The van der Waals surface area contributed by atoms with Gasteiger partial charge in [-0.05, 0) is 11.6 Å². The SMILES string of the molecule is C[Si](C)(C)C#Cc1ccccc1CC=O. The topological polar surface area (TPSA) is 17.1 Å². The van der Waals surface area contributed by atoms with E-state index in [1.165, 1.54) is 0 Å². The molecule has 0 aromatic heterocycles. The Bertz CT molecular complexity index is 405. The number of carbonyl (C=O) groups excluding carboxylic acids is 1. The smallest absolute Gasteiger partial charge is 0.129 e. The van der Waals surface area contributed by atoms with E-state index in [1.54, 1.807) is 0 Å². The van der Waals surface area contributed by atoms with Crippen molar-refractivity contribution in [3.63, 3.8) is 0 Å². The summed E-state index contributed by atoms with van der Waals surface area (Å²) in [6, 6.07) is 7.84. The summed E-state index contributed by atoms with van der Waals surface area (Å²) < 4.78 is 0. The van der Waals surface area contributed by atoms with E-state index in [0.29, 0.717) is 6.42 Å². The molecule has 0 heterocycles. The van der Waals surface area contributed by atoms with E-state index in [9.17, 15) is 4.79 Å². The molecule has 0 radical (unpaired) electrons. The Kier molecular flexibility index (Phi) is 3.87. The minimum absolute atomic E-state index is 0.455. The number of hydrogen-bond donors (Lipinski definition) is 0. The first-order chi connectivity index (χ1) is 7.03. The van der Waals surface area contributed by atoms with Crippen LogP contribution in [0, 0.1) is 11.5 Å². The molecule has 1 rings (SSSR count). The summed E-state index contributed by atoms with van der Waals surface area (Å²) in [5, 5.41) is 0. The van der Waals surface area contributed by atoms with Gasteiger partial charge < -0.3 is 4.79 Å². The summed E-state index contributed by atoms with van der Waals surface area (Å²) in [4.78, 5) is 10.5. The fourth-order valence-electron chi connectivity index (χ4n) is 1.16. The lowest BCUT2D eigenvalue weighted by molar-refractivity contribution is -0.107. The van der Waals surface area contributed by atoms with Crippen molar-refractivity contribution >= 4 is 14.4 Å². The van der Waals surface area contributed by atoms with Crippen LogP contribution in [0.15, 0.2) is 24.3 Å². The highest BCUT2D eigenvalue weighted by Gasteiger charge is 2.07. The van der Waals surface area contributed by atoms with Gasteiger partial charge in [-0.2, -0.15) is 0 Å². The van der Waals surface area contributed by atoms with E-state index in [2.05, 4.69) is 31.1 Å². The normalized spacial score (nSPS) is 10.3. The molecule has 0 spiro atoms. The molecule has 1 nitrogen and oxygen atoms in total. The van der Waals surface area contributed by atoms with Gasteiger partial charge in [-0.3, -0.25) is 0 Å². The lowest BCUT2D eigenvalue weighted by Gasteiger charge is -2.04. The number of aldehydes is 1. The Balaban J connectivity index is 3.02. The van der Waals surface area contributed by atoms with Crippen LogP contribution in [0.5, 0.6) is 0 Å². The largest absolute Gasteiger partial charge is 0.303 e. The first-order valence-electron chi connectivity index (χ1n) is 5.07. The van der Waals surface area contributed by atoms with Crippen LogP contribution in [-0.4, -0.2) is 14.4 Å². The van der Waals surface area contributed by atoms with Crippen molar-refractivity contribution < 1.29 is 4.79 Å². The Morgan fingerprint density at radius 3 is 2.53 bits per heavy atom. The predicted molar refractivity (Wildman–Crippen MR) is 66.4 cm³/mol. The number of benzene rings is 1. The highest BCUT2D eigenvalue weighted by Crippen LogP contribution is 2.08. The molecule has 0 fully saturated rings. The second kappa shape index (κ2) is 4.95. The fourth-order valence-corrected chi connectivity index (χ4v) is 1.67. The van der Waals surface area contributed by atoms with E-state index in [1.807, 2.05) is 24.3 Å². The molecule has 0 N–H and O–H groups in total. The highest BCUT2D eigenvalue weighted by atomic mass is 28.3. The van der Waals surface area contributed by atoms with Gasteiger partial charge in [0.05, 0.1) is 0 Å². The van der Waals surface area contributed by atoms with Crippen LogP contribution in [-0.2, 0) is 11.2 Å². The van der Waals surface area contributed by atoms with Gasteiger partial charge >= 0.3 is 0 Å². The molecule has 15 heavy (non-hydrogen) atoms. The van der Waals surface area contributed by atoms with Crippen LogP contribution in [0.4, 0.5) is 0 Å². The summed E-state index contributed by atoms with van der Waals surface area (Å²) in [5.41, 5.74) is 5.33. The molecule has 2 heteroatoms. The van der Waals surface area contributed by atoms with Gasteiger partial charge in [0.1, 0.15) is 14.4 Å². The molecule has 0 amide bonds. The first kappa shape index (κ1) is 11.7. The molecule has 0 saturated heterocycles. The van der Waals surface area contributed by atoms with Crippen molar-refractivity contribution in [1.82, 2.24) is 0 Å². The van der Waals surface area contributed by atoms with Gasteiger partial charge in [0.15, 0.2) is 0 Å². The quantitative estimate of drug-likeness (QED) is 0.422. The van der Waals surface area contributed by atoms with Gasteiger partial charge in [0.25, 0.3) is 0 Å². The number of carbonyl (C=O) groups is 1. The second-order valence-corrected chi connectivity index (χ2v) is 9.28. The number of rotatable bonds is 2. The Hall–Kier alpha value is -1.33. The minimum Gasteiger partial charge on any atom is -0.303 e. The lowest BCUT2D eigenvalue weighted by atomic mass is 10.1. The van der Waals surface area contributed by atoms with E-state index in [4.69, 9.17) is 0 Å². The van der Waals surface area contributed by atoms with Gasteiger partial charge in [-0.15, -0.1) is 5.54 Å². The van der Waals surface area contributed by atoms with Crippen molar-refractivity contribution in [2.75, 3.05) is 0 Å². The number of hydrogen-bond acceptors (Lipinski definition) is 1. The van der Waals surface area contributed by atoms with Crippen LogP contribution in [0.3, 0.4) is 0 Å². The molecule has 0 aliphatic carbocycles. The van der Waals surface area contributed by atoms with E-state index >= 15 is 0 Å². The zero-order valence-electron chi connectivity index (χ0n) is 9.50. The molecule has 0 atom stereocenters. The maximum absolute atomic E-state index is 10.5. The second-order valence-electron chi connectivity index (χ2n) is 4.53. The van der Waals surface area contributed by atoms with Crippen LogP contribution in [0.25, 0.3) is 0 Å². The zero-order chi connectivity index (χ0) is 11.3. The monoisotopic (exact) mass is 216 g/mol. The fraction of sp³-hybridized carbons (Fsp3) is 0.308. The average molecular weight is 216 g/mol. The molecular weight excluding hydrogens is 200 g/mol. The molecular formula is C13H16OSi. The van der Waals surface area contributed by atoms with Gasteiger partial charge in [0.2, 0.25) is 0 Å². The standard InChI is InChI=1S/C13H16OSi/c1-15(2,3)11-9-13-7-5-4-6-12(13)8-10-14/h4-7,10H,8H2,1-3H3. The Morgan fingerprint density at radius 2 is 1.93 bits per heavy atom. The maximum Gasteiger partial charge on any atom is 0.129 e. The molecule has 0 aliphatic rings. The van der Waals surface area contributed by atoms with Crippen LogP contribution >= 0.6 is 0 Å². The molecule has 0 aliphatic heterocycles. The Labute approximate surface area is 92.5 Å². The summed E-state index contributed by atoms with van der Waals surface area (Å²) in [6.07, 6.45) is 1.38. The third-order valence-electron chi connectivity index (χ3n) is 1.89. The van der Waals surface area contributed by atoms with Crippen LogP contribution in [0.2, 0.25) is 19.6 Å². The summed E-state index contributed by atoms with van der Waals surface area (Å²) in [6.45, 7) is 6.63. The minimum atomic E-state index is -1.34. The van der Waals surface area contributed by atoms with Crippen molar-refractivity contribution in [3.8, 4) is 11.5 Å². The highest BCUT2D eigenvalue weighted by molar-refractivity contribution is 6.83.